The van der Waals surface area contributed by atoms with Crippen LogP contribution in [-0.2, 0) is 7.05 Å². The monoisotopic (exact) mass is 365 g/mol. The van der Waals surface area contributed by atoms with E-state index in [-0.39, 0.29) is 11.9 Å². The molecule has 0 saturated heterocycles. The predicted molar refractivity (Wildman–Crippen MR) is 102 cm³/mol. The summed E-state index contributed by atoms with van der Waals surface area (Å²) >= 11 is 0. The topological polar surface area (TPSA) is 81.9 Å². The molecule has 3 rings (SSSR count). The van der Waals surface area contributed by atoms with Crippen LogP contribution >= 0.6 is 0 Å². The van der Waals surface area contributed by atoms with E-state index >= 15 is 0 Å². The van der Waals surface area contributed by atoms with Crippen molar-refractivity contribution in [1.82, 2.24) is 25.1 Å². The summed E-state index contributed by atoms with van der Waals surface area (Å²) in [5, 5.41) is 7.27. The van der Waals surface area contributed by atoms with Crippen LogP contribution < -0.4 is 10.1 Å². The molecule has 0 bridgehead atoms. The van der Waals surface area contributed by atoms with Gasteiger partial charge in [-0.15, -0.1) is 0 Å². The summed E-state index contributed by atoms with van der Waals surface area (Å²) in [6.45, 7) is 3.92. The molecule has 0 aliphatic heterocycles. The Kier molecular flexibility index (Phi) is 5.49. The largest absolute Gasteiger partial charge is 0.480 e. The number of ether oxygens (including phenoxy) is 1. The minimum atomic E-state index is -0.140. The fourth-order valence-electron chi connectivity index (χ4n) is 3.11. The average molecular weight is 365 g/mol. The third-order valence-corrected chi connectivity index (χ3v) is 4.54. The number of hydrogen-bond acceptors (Lipinski definition) is 5. The van der Waals surface area contributed by atoms with E-state index < -0.39 is 0 Å². The number of aromatic nitrogens is 4. The van der Waals surface area contributed by atoms with Crippen LogP contribution in [0.1, 0.15) is 41.1 Å². The molecule has 0 aliphatic carbocycles. The van der Waals surface area contributed by atoms with E-state index in [1.54, 1.807) is 24.1 Å². The zero-order valence-corrected chi connectivity index (χ0v) is 15.9. The van der Waals surface area contributed by atoms with Gasteiger partial charge in [0.2, 0.25) is 5.88 Å². The van der Waals surface area contributed by atoms with Crippen molar-refractivity contribution in [2.24, 2.45) is 7.05 Å². The van der Waals surface area contributed by atoms with Crippen LogP contribution in [0.5, 0.6) is 5.88 Å². The lowest BCUT2D eigenvalue weighted by Gasteiger charge is -2.18. The Bertz CT molecular complexity index is 951. The van der Waals surface area contributed by atoms with Gasteiger partial charge in [0.05, 0.1) is 30.1 Å². The lowest BCUT2D eigenvalue weighted by atomic mass is 10.0. The Hall–Kier alpha value is -3.22. The first kappa shape index (κ1) is 18.6. The maximum Gasteiger partial charge on any atom is 0.251 e. The van der Waals surface area contributed by atoms with Crippen LogP contribution in [0.25, 0.3) is 11.1 Å². The predicted octanol–water partition coefficient (Wildman–Crippen LogP) is 3.08. The number of amides is 1. The second kappa shape index (κ2) is 7.99. The summed E-state index contributed by atoms with van der Waals surface area (Å²) in [5.74, 6) is 0.347. The Labute approximate surface area is 158 Å². The molecule has 1 N–H and O–H groups in total. The van der Waals surface area contributed by atoms with Crippen LogP contribution in [0.2, 0.25) is 0 Å². The molecule has 1 amide bonds. The number of hydrogen-bond donors (Lipinski definition) is 1. The van der Waals surface area contributed by atoms with Crippen molar-refractivity contribution >= 4 is 5.91 Å². The molecule has 0 unspecified atom stereocenters. The maximum absolute atomic E-state index is 12.8. The van der Waals surface area contributed by atoms with Gasteiger partial charge in [-0.25, -0.2) is 9.97 Å². The molecule has 3 aromatic rings. The summed E-state index contributed by atoms with van der Waals surface area (Å²) in [5.41, 5.74) is 3.95. The minimum Gasteiger partial charge on any atom is -0.480 e. The third-order valence-electron chi connectivity index (χ3n) is 4.54. The van der Waals surface area contributed by atoms with Gasteiger partial charge in [-0.2, -0.15) is 5.10 Å². The highest BCUT2D eigenvalue weighted by atomic mass is 16.5. The molecule has 1 aromatic carbocycles. The van der Waals surface area contributed by atoms with E-state index in [4.69, 9.17) is 4.74 Å². The van der Waals surface area contributed by atoms with E-state index in [0.717, 1.165) is 28.9 Å². The van der Waals surface area contributed by atoms with E-state index in [1.807, 2.05) is 45.2 Å². The van der Waals surface area contributed by atoms with Crippen LogP contribution in [-0.4, -0.2) is 32.8 Å². The number of benzene rings is 1. The highest BCUT2D eigenvalue weighted by molar-refractivity contribution is 5.96. The minimum absolute atomic E-state index is 0.106. The molecule has 2 heterocycles. The lowest BCUT2D eigenvalue weighted by Crippen LogP contribution is -2.29. The van der Waals surface area contributed by atoms with Gasteiger partial charge in [0.25, 0.3) is 5.91 Å². The van der Waals surface area contributed by atoms with Crippen molar-refractivity contribution in [3.63, 3.8) is 0 Å². The molecular weight excluding hydrogens is 342 g/mol. The number of methoxy groups -OCH3 is 1. The summed E-state index contributed by atoms with van der Waals surface area (Å²) in [4.78, 5) is 21.3. The van der Waals surface area contributed by atoms with Crippen molar-refractivity contribution < 1.29 is 9.53 Å². The first-order valence-corrected chi connectivity index (χ1v) is 8.80. The van der Waals surface area contributed by atoms with Gasteiger partial charge in [-0.1, -0.05) is 19.1 Å². The molecule has 27 heavy (non-hydrogen) atoms. The fraction of sp³-hybridized carbons (Fsp3) is 0.300. The number of aryl methyl sites for hydroxylation is 2. The van der Waals surface area contributed by atoms with Crippen molar-refractivity contribution in [2.75, 3.05) is 7.11 Å². The zero-order chi connectivity index (χ0) is 19.4. The lowest BCUT2D eigenvalue weighted by molar-refractivity contribution is 0.0934. The van der Waals surface area contributed by atoms with Crippen LogP contribution in [0.3, 0.4) is 0 Å². The maximum atomic E-state index is 12.8. The molecule has 0 saturated carbocycles. The Morgan fingerprint density at radius 2 is 2.11 bits per heavy atom. The van der Waals surface area contributed by atoms with Gasteiger partial charge >= 0.3 is 0 Å². The van der Waals surface area contributed by atoms with Gasteiger partial charge in [0.1, 0.15) is 6.33 Å². The van der Waals surface area contributed by atoms with Gasteiger partial charge in [0, 0.05) is 18.8 Å². The van der Waals surface area contributed by atoms with Crippen molar-refractivity contribution in [3.05, 3.63) is 59.8 Å². The third kappa shape index (κ3) is 3.81. The van der Waals surface area contributed by atoms with Crippen LogP contribution in [0, 0.1) is 6.92 Å². The molecule has 2 aromatic heterocycles. The highest BCUT2D eigenvalue weighted by Crippen LogP contribution is 2.30. The number of carbonyl (C=O) groups is 1. The van der Waals surface area contributed by atoms with Crippen LogP contribution in [0.4, 0.5) is 0 Å². The molecule has 0 fully saturated rings. The second-order valence-corrected chi connectivity index (χ2v) is 6.24. The smallest absolute Gasteiger partial charge is 0.251 e. The molecule has 0 radical (unpaired) electrons. The Balaban J connectivity index is 1.90. The summed E-state index contributed by atoms with van der Waals surface area (Å²) in [6, 6.07) is 9.20. The van der Waals surface area contributed by atoms with Gasteiger partial charge in [0.15, 0.2) is 0 Å². The fourth-order valence-corrected chi connectivity index (χ4v) is 3.11. The van der Waals surface area contributed by atoms with Crippen molar-refractivity contribution in [3.8, 4) is 17.0 Å². The standard InChI is InChI=1S/C20H23N5O2/c1-5-16(17-9-10-23-25(17)3)24-19(26)15-8-6-7-14(11-15)18-13(2)21-12-22-20(18)27-4/h6-12,16H,5H2,1-4H3,(H,24,26)/t16-/m0/s1. The summed E-state index contributed by atoms with van der Waals surface area (Å²) in [7, 11) is 3.44. The summed E-state index contributed by atoms with van der Waals surface area (Å²) < 4.78 is 7.14. The van der Waals surface area contributed by atoms with Crippen molar-refractivity contribution in [1.29, 1.82) is 0 Å². The number of nitrogens with zero attached hydrogens (tertiary/aromatic N) is 4. The Morgan fingerprint density at radius 3 is 2.78 bits per heavy atom. The molecule has 7 nitrogen and oxygen atoms in total. The second-order valence-electron chi connectivity index (χ2n) is 6.24. The Morgan fingerprint density at radius 1 is 1.30 bits per heavy atom. The van der Waals surface area contributed by atoms with Crippen molar-refractivity contribution in [2.45, 2.75) is 26.3 Å². The molecule has 7 heteroatoms. The number of carbonyl (C=O) groups excluding carboxylic acids is 1. The molecule has 0 aliphatic rings. The van der Waals surface area contributed by atoms with Gasteiger partial charge in [-0.05, 0) is 37.1 Å². The number of rotatable bonds is 6. The molecular formula is C20H23N5O2. The van der Waals surface area contributed by atoms with E-state index in [2.05, 4.69) is 20.4 Å². The first-order valence-electron chi connectivity index (χ1n) is 8.80. The van der Waals surface area contributed by atoms with E-state index in [1.165, 1.54) is 6.33 Å². The highest BCUT2D eigenvalue weighted by Gasteiger charge is 2.18. The molecule has 1 atom stereocenters. The number of nitrogens with one attached hydrogen (secondary N) is 1. The molecule has 140 valence electrons. The van der Waals surface area contributed by atoms with Gasteiger partial charge < -0.3 is 10.1 Å². The summed E-state index contributed by atoms with van der Waals surface area (Å²) in [6.07, 6.45) is 3.97. The molecule has 0 spiro atoms. The average Bonchev–Trinajstić information content (AvgIpc) is 3.11. The van der Waals surface area contributed by atoms with Crippen LogP contribution in [0.15, 0.2) is 42.9 Å². The SMILES string of the molecule is CC[C@H](NC(=O)c1cccc(-c2c(C)ncnc2OC)c1)c1ccnn1C. The normalized spacial score (nSPS) is 11.9. The quantitative estimate of drug-likeness (QED) is 0.726. The first-order chi connectivity index (χ1) is 13.0. The van der Waals surface area contributed by atoms with Gasteiger partial charge in [-0.3, -0.25) is 9.48 Å². The van der Waals surface area contributed by atoms with E-state index in [9.17, 15) is 4.79 Å². The van der Waals surface area contributed by atoms with E-state index in [0.29, 0.717) is 11.4 Å². The zero-order valence-electron chi connectivity index (χ0n) is 15.9.